The van der Waals surface area contributed by atoms with Gasteiger partial charge in [-0.2, -0.15) is 0 Å². The topological polar surface area (TPSA) is 58.1 Å². The first-order valence-corrected chi connectivity index (χ1v) is 9.99. The number of halogens is 2. The highest BCUT2D eigenvalue weighted by molar-refractivity contribution is 6.30. The fraction of sp³-hybridized carbons (Fsp3) is 0.273. The van der Waals surface area contributed by atoms with Crippen LogP contribution in [-0.2, 0) is 6.54 Å². The first-order chi connectivity index (χ1) is 14.0. The molecule has 2 heterocycles. The van der Waals surface area contributed by atoms with E-state index in [1.54, 1.807) is 0 Å². The molecule has 0 amide bonds. The number of benzene rings is 2. The third-order valence-corrected chi connectivity index (χ3v) is 5.58. The Labute approximate surface area is 172 Å². The third kappa shape index (κ3) is 4.18. The molecule has 0 atom stereocenters. The molecule has 1 aromatic heterocycles. The van der Waals surface area contributed by atoms with Crippen molar-refractivity contribution in [2.24, 2.45) is 0 Å². The van der Waals surface area contributed by atoms with Crippen LogP contribution in [0, 0.1) is 5.82 Å². The lowest BCUT2D eigenvalue weighted by atomic mass is 9.99. The zero-order valence-corrected chi connectivity index (χ0v) is 16.6. The van der Waals surface area contributed by atoms with Crippen LogP contribution in [0.2, 0.25) is 5.02 Å². The highest BCUT2D eigenvalue weighted by Crippen LogP contribution is 2.23. The van der Waals surface area contributed by atoms with Crippen LogP contribution in [0.25, 0.3) is 16.5 Å². The number of fused-ring (bicyclic) bond motifs is 1. The van der Waals surface area contributed by atoms with Crippen molar-refractivity contribution in [3.8, 4) is 0 Å². The van der Waals surface area contributed by atoms with Crippen LogP contribution >= 0.6 is 11.6 Å². The molecule has 0 fully saturated rings. The number of nitrogens with one attached hydrogen (secondary N) is 1. The number of hydrogen-bond acceptors (Lipinski definition) is 3. The van der Waals surface area contributed by atoms with Crippen LogP contribution in [-0.4, -0.2) is 34.1 Å². The molecule has 1 aliphatic heterocycles. The fourth-order valence-corrected chi connectivity index (χ4v) is 3.88. The molecule has 0 bridgehead atoms. The molecule has 0 aliphatic carbocycles. The Bertz CT molecular complexity index is 1180. The molecule has 7 heteroatoms. The van der Waals surface area contributed by atoms with Gasteiger partial charge in [0, 0.05) is 31.2 Å². The Morgan fingerprint density at radius 2 is 1.86 bits per heavy atom. The zero-order chi connectivity index (χ0) is 20.4. The summed E-state index contributed by atoms with van der Waals surface area (Å²) >= 11 is 5.95. The number of H-pyrrole nitrogens is 1. The summed E-state index contributed by atoms with van der Waals surface area (Å²) in [4.78, 5) is 29.6. The molecule has 0 saturated carbocycles. The van der Waals surface area contributed by atoms with Crippen molar-refractivity contribution in [1.82, 2.24) is 14.5 Å². The number of hydrogen-bond donors (Lipinski definition) is 1. The first kappa shape index (κ1) is 19.6. The van der Waals surface area contributed by atoms with E-state index in [4.69, 9.17) is 11.6 Å². The summed E-state index contributed by atoms with van der Waals surface area (Å²) in [6, 6.07) is 12.1. The second kappa shape index (κ2) is 8.35. The van der Waals surface area contributed by atoms with Crippen molar-refractivity contribution >= 4 is 28.1 Å². The van der Waals surface area contributed by atoms with E-state index in [0.717, 1.165) is 35.6 Å². The van der Waals surface area contributed by atoms with Crippen molar-refractivity contribution in [2.75, 3.05) is 19.6 Å². The maximum atomic E-state index is 14.0. The lowest BCUT2D eigenvalue weighted by molar-refractivity contribution is 0.290. The molecule has 2 aromatic carbocycles. The number of rotatable bonds is 5. The Balaban J connectivity index is 1.40. The number of aromatic amines is 1. The maximum Gasteiger partial charge on any atom is 0.328 e. The minimum atomic E-state index is -0.617. The molecule has 1 aliphatic rings. The predicted octanol–water partition coefficient (Wildman–Crippen LogP) is 3.66. The van der Waals surface area contributed by atoms with Gasteiger partial charge in [-0.05, 0) is 48.2 Å². The monoisotopic (exact) mass is 413 g/mol. The molecule has 150 valence electrons. The van der Waals surface area contributed by atoms with E-state index in [9.17, 15) is 14.0 Å². The Morgan fingerprint density at radius 1 is 1.07 bits per heavy atom. The molecule has 5 nitrogen and oxygen atoms in total. The van der Waals surface area contributed by atoms with Gasteiger partial charge in [0.15, 0.2) is 0 Å². The Morgan fingerprint density at radius 3 is 2.59 bits per heavy atom. The van der Waals surface area contributed by atoms with E-state index in [0.29, 0.717) is 6.42 Å². The van der Waals surface area contributed by atoms with Gasteiger partial charge in [0.1, 0.15) is 5.82 Å². The number of aromatic nitrogens is 2. The molecule has 0 radical (unpaired) electrons. The van der Waals surface area contributed by atoms with Gasteiger partial charge >= 0.3 is 5.69 Å². The molecular weight excluding hydrogens is 393 g/mol. The average molecular weight is 414 g/mol. The van der Waals surface area contributed by atoms with Crippen LogP contribution in [0.3, 0.4) is 0 Å². The van der Waals surface area contributed by atoms with Gasteiger partial charge < -0.3 is 4.98 Å². The molecule has 29 heavy (non-hydrogen) atoms. The smallest absolute Gasteiger partial charge is 0.307 e. The van der Waals surface area contributed by atoms with Gasteiger partial charge in [-0.3, -0.25) is 14.3 Å². The maximum absolute atomic E-state index is 14.0. The third-order valence-electron chi connectivity index (χ3n) is 5.32. The van der Waals surface area contributed by atoms with E-state index >= 15 is 0 Å². The summed E-state index contributed by atoms with van der Waals surface area (Å²) in [6.45, 7) is 2.73. The summed E-state index contributed by atoms with van der Waals surface area (Å²) in [5, 5.41) is 0.659. The summed E-state index contributed by atoms with van der Waals surface area (Å²) in [7, 11) is 0. The van der Waals surface area contributed by atoms with Crippen molar-refractivity contribution in [3.05, 3.63) is 85.8 Å². The van der Waals surface area contributed by atoms with E-state index < -0.39 is 17.1 Å². The van der Waals surface area contributed by atoms with Gasteiger partial charge in [-0.25, -0.2) is 9.18 Å². The molecule has 0 saturated heterocycles. The van der Waals surface area contributed by atoms with Crippen molar-refractivity contribution in [3.63, 3.8) is 0 Å². The van der Waals surface area contributed by atoms with Gasteiger partial charge in [-0.15, -0.1) is 0 Å². The highest BCUT2D eigenvalue weighted by Gasteiger charge is 2.14. The van der Waals surface area contributed by atoms with Crippen LogP contribution in [0.4, 0.5) is 4.39 Å². The fourth-order valence-electron chi connectivity index (χ4n) is 3.75. The molecule has 0 spiro atoms. The highest BCUT2D eigenvalue weighted by atomic mass is 35.5. The van der Waals surface area contributed by atoms with Crippen LogP contribution < -0.4 is 11.2 Å². The number of nitrogens with zero attached hydrogens (tertiary/aromatic N) is 2. The van der Waals surface area contributed by atoms with Crippen molar-refractivity contribution < 1.29 is 4.39 Å². The zero-order valence-electron chi connectivity index (χ0n) is 15.8. The molecule has 3 aromatic rings. The summed E-state index contributed by atoms with van der Waals surface area (Å²) in [5.41, 5.74) is 1.63. The molecule has 0 unspecified atom stereocenters. The van der Waals surface area contributed by atoms with Crippen LogP contribution in [0.15, 0.2) is 58.1 Å². The van der Waals surface area contributed by atoms with E-state index in [2.05, 4.69) is 16.0 Å². The van der Waals surface area contributed by atoms with Gasteiger partial charge in [0.2, 0.25) is 0 Å². The molecule has 1 N–H and O–H groups in total. The lowest BCUT2D eigenvalue weighted by Crippen LogP contribution is -2.37. The second-order valence-electron chi connectivity index (χ2n) is 7.19. The second-order valence-corrected chi connectivity index (χ2v) is 7.63. The van der Waals surface area contributed by atoms with Crippen molar-refractivity contribution in [2.45, 2.75) is 19.4 Å². The first-order valence-electron chi connectivity index (χ1n) is 9.61. The normalized spacial score (nSPS) is 14.9. The van der Waals surface area contributed by atoms with E-state index in [1.807, 2.05) is 24.3 Å². The summed E-state index contributed by atoms with van der Waals surface area (Å²) in [5.74, 6) is -0.617. The van der Waals surface area contributed by atoms with E-state index in [1.165, 1.54) is 29.3 Å². The summed E-state index contributed by atoms with van der Waals surface area (Å²) in [6.07, 6.45) is 3.77. The van der Waals surface area contributed by atoms with Gasteiger partial charge in [0.25, 0.3) is 5.56 Å². The SMILES string of the molecule is O=c1[nH]c2cccc(F)c2c(=O)n1CCCN1CC=C(c2ccc(Cl)cc2)CC1. The lowest BCUT2D eigenvalue weighted by Gasteiger charge is -2.26. The molecule has 4 rings (SSSR count). The van der Waals surface area contributed by atoms with Crippen LogP contribution in [0.1, 0.15) is 18.4 Å². The van der Waals surface area contributed by atoms with Gasteiger partial charge in [0.05, 0.1) is 10.9 Å². The Hall–Kier alpha value is -2.70. The van der Waals surface area contributed by atoms with Crippen molar-refractivity contribution in [1.29, 1.82) is 0 Å². The van der Waals surface area contributed by atoms with E-state index in [-0.39, 0.29) is 17.4 Å². The minimum absolute atomic E-state index is 0.0689. The standard InChI is InChI=1S/C22H21ClFN3O2/c23-17-7-5-15(6-8-17)16-9-13-26(14-10-16)11-2-12-27-21(28)20-18(24)3-1-4-19(20)25-22(27)29/h1,3-9H,2,10-14H2,(H,25,29). The molecular formula is C22H21ClFN3O2. The minimum Gasteiger partial charge on any atom is -0.307 e. The average Bonchev–Trinajstić information content (AvgIpc) is 2.71. The predicted molar refractivity (Wildman–Crippen MR) is 114 cm³/mol. The van der Waals surface area contributed by atoms with Gasteiger partial charge in [-0.1, -0.05) is 35.9 Å². The van der Waals surface area contributed by atoms with Crippen LogP contribution in [0.5, 0.6) is 0 Å². The summed E-state index contributed by atoms with van der Waals surface area (Å²) < 4.78 is 15.1. The quantitative estimate of drug-likeness (QED) is 0.694. The Kier molecular flexibility index (Phi) is 5.65. The largest absolute Gasteiger partial charge is 0.328 e.